The van der Waals surface area contributed by atoms with Crippen molar-refractivity contribution in [1.29, 1.82) is 0 Å². The average molecular weight is 292 g/mol. The molecule has 2 nitrogen and oxygen atoms in total. The monoisotopic (exact) mass is 291 g/mol. The zero-order valence-corrected chi connectivity index (χ0v) is 12.1. The van der Waals surface area contributed by atoms with Crippen molar-refractivity contribution in [2.75, 3.05) is 6.26 Å². The van der Waals surface area contributed by atoms with E-state index in [2.05, 4.69) is 5.32 Å². The first-order valence-electron chi connectivity index (χ1n) is 5.86. The molecule has 0 heterocycles. The summed E-state index contributed by atoms with van der Waals surface area (Å²) in [4.78, 5) is 13.1. The minimum Gasteiger partial charge on any atom is -0.348 e. The highest BCUT2D eigenvalue weighted by atomic mass is 35.5. The van der Waals surface area contributed by atoms with Crippen LogP contribution in [0.15, 0.2) is 53.4 Å². The van der Waals surface area contributed by atoms with Gasteiger partial charge in [-0.15, -0.1) is 11.8 Å². The molecule has 0 radical (unpaired) electrons. The summed E-state index contributed by atoms with van der Waals surface area (Å²) < 4.78 is 0. The van der Waals surface area contributed by atoms with Crippen molar-refractivity contribution in [2.24, 2.45) is 0 Å². The predicted octanol–water partition coefficient (Wildman–Crippen LogP) is 3.99. The number of carbonyl (C=O) groups excluding carboxylic acids is 1. The van der Waals surface area contributed by atoms with Crippen LogP contribution in [0.1, 0.15) is 15.9 Å². The summed E-state index contributed by atoms with van der Waals surface area (Å²) in [5.41, 5.74) is 1.74. The number of carbonyl (C=O) groups is 1. The van der Waals surface area contributed by atoms with Gasteiger partial charge in [0, 0.05) is 16.5 Å². The van der Waals surface area contributed by atoms with Gasteiger partial charge in [-0.2, -0.15) is 0 Å². The first kappa shape index (κ1) is 14.0. The van der Waals surface area contributed by atoms with E-state index in [-0.39, 0.29) is 5.91 Å². The molecule has 0 bridgehead atoms. The number of halogens is 1. The van der Waals surface area contributed by atoms with E-state index in [4.69, 9.17) is 11.6 Å². The molecule has 0 aliphatic rings. The summed E-state index contributed by atoms with van der Waals surface area (Å²) in [7, 11) is 0. The summed E-state index contributed by atoms with van der Waals surface area (Å²) in [5.74, 6) is -0.0556. The molecular weight excluding hydrogens is 278 g/mol. The summed E-state index contributed by atoms with van der Waals surface area (Å²) in [6, 6.07) is 15.0. The third-order valence-corrected chi connectivity index (χ3v) is 3.77. The number of rotatable bonds is 4. The lowest BCUT2D eigenvalue weighted by molar-refractivity contribution is 0.0948. The maximum atomic E-state index is 12.1. The molecular formula is C15H14ClNOS. The Hall–Kier alpha value is -1.45. The number of thioether (sulfide) groups is 1. The van der Waals surface area contributed by atoms with Gasteiger partial charge >= 0.3 is 0 Å². The molecule has 1 amide bonds. The topological polar surface area (TPSA) is 29.1 Å². The summed E-state index contributed by atoms with van der Waals surface area (Å²) in [6.07, 6.45) is 1.96. The third-order valence-electron chi connectivity index (χ3n) is 2.72. The zero-order chi connectivity index (χ0) is 13.7. The molecule has 0 aliphatic carbocycles. The number of benzene rings is 2. The molecule has 2 aromatic rings. The molecule has 98 valence electrons. The smallest absolute Gasteiger partial charge is 0.252 e. The quantitative estimate of drug-likeness (QED) is 0.863. The Kier molecular flexibility index (Phi) is 4.88. The van der Waals surface area contributed by atoms with Crippen LogP contribution in [0, 0.1) is 0 Å². The second-order valence-corrected chi connectivity index (χ2v) is 5.29. The SMILES string of the molecule is CSc1ccccc1C(=O)NCc1ccc(Cl)cc1. The Morgan fingerprint density at radius 3 is 2.53 bits per heavy atom. The largest absolute Gasteiger partial charge is 0.348 e. The predicted molar refractivity (Wildman–Crippen MR) is 80.8 cm³/mol. The highest BCUT2D eigenvalue weighted by molar-refractivity contribution is 7.98. The van der Waals surface area contributed by atoms with Crippen molar-refractivity contribution in [3.05, 3.63) is 64.7 Å². The minimum absolute atomic E-state index is 0.0556. The van der Waals surface area contributed by atoms with Crippen LogP contribution in [0.4, 0.5) is 0 Å². The second kappa shape index (κ2) is 6.64. The molecule has 0 aliphatic heterocycles. The van der Waals surface area contributed by atoms with Crippen LogP contribution in [0.2, 0.25) is 5.02 Å². The minimum atomic E-state index is -0.0556. The third kappa shape index (κ3) is 3.75. The van der Waals surface area contributed by atoms with E-state index in [0.717, 1.165) is 10.5 Å². The second-order valence-electron chi connectivity index (χ2n) is 4.01. The molecule has 1 N–H and O–H groups in total. The molecule has 0 spiro atoms. The van der Waals surface area contributed by atoms with Crippen molar-refractivity contribution < 1.29 is 4.79 Å². The Morgan fingerprint density at radius 2 is 1.84 bits per heavy atom. The molecule has 0 saturated carbocycles. The molecule has 0 atom stereocenters. The lowest BCUT2D eigenvalue weighted by Crippen LogP contribution is -2.23. The lowest BCUT2D eigenvalue weighted by atomic mass is 10.2. The van der Waals surface area contributed by atoms with E-state index in [1.54, 1.807) is 11.8 Å². The van der Waals surface area contributed by atoms with E-state index in [1.165, 1.54) is 0 Å². The van der Waals surface area contributed by atoms with E-state index in [1.807, 2.05) is 54.8 Å². The average Bonchev–Trinajstić information content (AvgIpc) is 2.46. The fraction of sp³-hybridized carbons (Fsp3) is 0.133. The molecule has 19 heavy (non-hydrogen) atoms. The van der Waals surface area contributed by atoms with Crippen LogP contribution in [0.25, 0.3) is 0 Å². The van der Waals surface area contributed by atoms with Crippen LogP contribution in [-0.4, -0.2) is 12.2 Å². The molecule has 0 unspecified atom stereocenters. The summed E-state index contributed by atoms with van der Waals surface area (Å²) in [5, 5.41) is 3.61. The first-order valence-corrected chi connectivity index (χ1v) is 7.46. The van der Waals surface area contributed by atoms with Crippen LogP contribution in [-0.2, 0) is 6.54 Å². The van der Waals surface area contributed by atoms with Gasteiger partial charge in [0.25, 0.3) is 5.91 Å². The zero-order valence-electron chi connectivity index (χ0n) is 10.5. The van der Waals surface area contributed by atoms with E-state index in [0.29, 0.717) is 17.1 Å². The molecule has 0 aromatic heterocycles. The highest BCUT2D eigenvalue weighted by Crippen LogP contribution is 2.19. The maximum Gasteiger partial charge on any atom is 0.252 e. The highest BCUT2D eigenvalue weighted by Gasteiger charge is 2.09. The number of hydrogen-bond acceptors (Lipinski definition) is 2. The standard InChI is InChI=1S/C15H14ClNOS/c1-19-14-5-3-2-4-13(14)15(18)17-10-11-6-8-12(16)9-7-11/h2-9H,10H2,1H3,(H,17,18). The molecule has 2 rings (SSSR count). The molecule has 4 heteroatoms. The number of hydrogen-bond donors (Lipinski definition) is 1. The van der Waals surface area contributed by atoms with E-state index >= 15 is 0 Å². The van der Waals surface area contributed by atoms with Gasteiger partial charge in [0.05, 0.1) is 5.56 Å². The van der Waals surface area contributed by atoms with Crippen LogP contribution in [0.5, 0.6) is 0 Å². The summed E-state index contributed by atoms with van der Waals surface area (Å²) in [6.45, 7) is 0.499. The van der Waals surface area contributed by atoms with Crippen molar-refractivity contribution in [3.8, 4) is 0 Å². The molecule has 0 fully saturated rings. The fourth-order valence-electron chi connectivity index (χ4n) is 1.71. The van der Waals surface area contributed by atoms with Gasteiger partial charge in [-0.1, -0.05) is 35.9 Å². The van der Waals surface area contributed by atoms with Gasteiger partial charge in [0.1, 0.15) is 0 Å². The van der Waals surface area contributed by atoms with Gasteiger partial charge in [-0.3, -0.25) is 4.79 Å². The van der Waals surface area contributed by atoms with Crippen LogP contribution < -0.4 is 5.32 Å². The molecule has 0 saturated heterocycles. The van der Waals surface area contributed by atoms with Gasteiger partial charge < -0.3 is 5.32 Å². The van der Waals surface area contributed by atoms with Gasteiger partial charge in [-0.25, -0.2) is 0 Å². The molecule has 2 aromatic carbocycles. The number of amides is 1. The normalized spacial score (nSPS) is 10.2. The van der Waals surface area contributed by atoms with Crippen molar-refractivity contribution in [1.82, 2.24) is 5.32 Å². The van der Waals surface area contributed by atoms with Gasteiger partial charge in [0.2, 0.25) is 0 Å². The lowest BCUT2D eigenvalue weighted by Gasteiger charge is -2.08. The number of nitrogens with one attached hydrogen (secondary N) is 1. The Bertz CT molecular complexity index is 569. The Balaban J connectivity index is 2.03. The Labute approximate surface area is 122 Å². The fourth-order valence-corrected chi connectivity index (χ4v) is 2.43. The summed E-state index contributed by atoms with van der Waals surface area (Å²) >= 11 is 7.39. The van der Waals surface area contributed by atoms with Gasteiger partial charge in [0.15, 0.2) is 0 Å². The Morgan fingerprint density at radius 1 is 1.16 bits per heavy atom. The maximum absolute atomic E-state index is 12.1. The van der Waals surface area contributed by atoms with E-state index < -0.39 is 0 Å². The van der Waals surface area contributed by atoms with E-state index in [9.17, 15) is 4.79 Å². The van der Waals surface area contributed by atoms with Crippen LogP contribution >= 0.6 is 23.4 Å². The van der Waals surface area contributed by atoms with Crippen molar-refractivity contribution >= 4 is 29.3 Å². The van der Waals surface area contributed by atoms with Crippen LogP contribution in [0.3, 0.4) is 0 Å². The van der Waals surface area contributed by atoms with Gasteiger partial charge in [-0.05, 0) is 36.1 Å². The first-order chi connectivity index (χ1) is 9.20. The van der Waals surface area contributed by atoms with Crippen molar-refractivity contribution in [2.45, 2.75) is 11.4 Å². The van der Waals surface area contributed by atoms with Crippen molar-refractivity contribution in [3.63, 3.8) is 0 Å².